The van der Waals surface area contributed by atoms with Gasteiger partial charge in [-0.3, -0.25) is 0 Å². The Hall–Kier alpha value is -1.56. The predicted octanol–water partition coefficient (Wildman–Crippen LogP) is 5.45. The van der Waals surface area contributed by atoms with Crippen molar-refractivity contribution >= 4 is 11.1 Å². The minimum Gasteiger partial charge on any atom is -0.433 e. The van der Waals surface area contributed by atoms with E-state index < -0.39 is 12.1 Å². The molecule has 1 aromatic heterocycles. The summed E-state index contributed by atoms with van der Waals surface area (Å²) in [7, 11) is 0. The van der Waals surface area contributed by atoms with Gasteiger partial charge in [0.05, 0.1) is 0 Å². The molecule has 0 radical (unpaired) electrons. The SMILES string of the molecule is Cc1c2c(cc3nc(C(F)(F)F)oc13)CCC(CCC(C)CCO)CC2. The van der Waals surface area contributed by atoms with Gasteiger partial charge in [-0.25, -0.2) is 4.98 Å². The van der Waals surface area contributed by atoms with Crippen LogP contribution in [0.15, 0.2) is 10.5 Å². The molecule has 1 aromatic carbocycles. The van der Waals surface area contributed by atoms with Crippen LogP contribution in [0.4, 0.5) is 13.2 Å². The van der Waals surface area contributed by atoms with Crippen molar-refractivity contribution in [3.63, 3.8) is 0 Å². The van der Waals surface area contributed by atoms with Gasteiger partial charge in [-0.05, 0) is 73.6 Å². The first-order valence-electron chi connectivity index (χ1n) is 9.39. The molecule has 2 aromatic rings. The average molecular weight is 369 g/mol. The van der Waals surface area contributed by atoms with E-state index in [4.69, 9.17) is 9.52 Å². The van der Waals surface area contributed by atoms with Crippen molar-refractivity contribution in [1.82, 2.24) is 4.98 Å². The summed E-state index contributed by atoms with van der Waals surface area (Å²) in [5.41, 5.74) is 3.63. The Kier molecular flexibility index (Phi) is 5.61. The van der Waals surface area contributed by atoms with Gasteiger partial charge in [0.2, 0.25) is 0 Å². The minimum absolute atomic E-state index is 0.239. The number of hydrogen-bond acceptors (Lipinski definition) is 3. The lowest BCUT2D eigenvalue weighted by molar-refractivity contribution is -0.156. The number of hydrogen-bond donors (Lipinski definition) is 1. The first-order chi connectivity index (χ1) is 12.3. The highest BCUT2D eigenvalue weighted by Gasteiger charge is 2.38. The van der Waals surface area contributed by atoms with Crippen molar-refractivity contribution in [2.24, 2.45) is 11.8 Å². The molecule has 0 saturated heterocycles. The van der Waals surface area contributed by atoms with Crippen LogP contribution >= 0.6 is 0 Å². The van der Waals surface area contributed by atoms with E-state index in [1.165, 1.54) is 0 Å². The number of aryl methyl sites for hydroxylation is 2. The molecule has 6 heteroatoms. The molecule has 1 aliphatic rings. The number of fused-ring (bicyclic) bond motifs is 2. The highest BCUT2D eigenvalue weighted by molar-refractivity contribution is 5.79. The second kappa shape index (κ2) is 7.59. The third kappa shape index (κ3) is 4.05. The van der Waals surface area contributed by atoms with E-state index in [1.807, 2.05) is 6.92 Å². The summed E-state index contributed by atoms with van der Waals surface area (Å²) in [5, 5.41) is 9.02. The Labute approximate surface area is 151 Å². The quantitative estimate of drug-likeness (QED) is 0.713. The van der Waals surface area contributed by atoms with E-state index in [-0.39, 0.29) is 12.2 Å². The fourth-order valence-corrected chi connectivity index (χ4v) is 4.05. The molecule has 1 N–H and O–H groups in total. The maximum absolute atomic E-state index is 12.9. The second-order valence-corrected chi connectivity index (χ2v) is 7.64. The van der Waals surface area contributed by atoms with Gasteiger partial charge in [0, 0.05) is 6.61 Å². The van der Waals surface area contributed by atoms with E-state index >= 15 is 0 Å². The molecule has 0 amide bonds. The van der Waals surface area contributed by atoms with Gasteiger partial charge in [-0.15, -0.1) is 0 Å². The summed E-state index contributed by atoms with van der Waals surface area (Å²) < 4.78 is 43.7. The largest absolute Gasteiger partial charge is 0.468 e. The monoisotopic (exact) mass is 369 g/mol. The number of nitrogens with zero attached hydrogens (tertiary/aromatic N) is 1. The molecule has 0 aliphatic heterocycles. The van der Waals surface area contributed by atoms with Crippen molar-refractivity contribution in [3.05, 3.63) is 28.6 Å². The minimum atomic E-state index is -4.56. The van der Waals surface area contributed by atoms with Crippen molar-refractivity contribution in [2.75, 3.05) is 6.61 Å². The highest BCUT2D eigenvalue weighted by Crippen LogP contribution is 2.37. The number of aliphatic hydroxyl groups excluding tert-OH is 1. The van der Waals surface area contributed by atoms with E-state index in [2.05, 4.69) is 11.9 Å². The molecule has 26 heavy (non-hydrogen) atoms. The molecule has 3 rings (SSSR count). The molecule has 144 valence electrons. The van der Waals surface area contributed by atoms with Gasteiger partial charge in [-0.2, -0.15) is 13.2 Å². The molecule has 0 fully saturated rings. The molecule has 2 unspecified atom stereocenters. The Morgan fingerprint density at radius 2 is 2.00 bits per heavy atom. The lowest BCUT2D eigenvalue weighted by atomic mass is 9.90. The number of oxazole rings is 1. The van der Waals surface area contributed by atoms with E-state index in [0.717, 1.165) is 61.6 Å². The predicted molar refractivity (Wildman–Crippen MR) is 94.0 cm³/mol. The summed E-state index contributed by atoms with van der Waals surface area (Å²) >= 11 is 0. The fourth-order valence-electron chi connectivity index (χ4n) is 4.05. The lowest BCUT2D eigenvalue weighted by Crippen LogP contribution is -2.05. The highest BCUT2D eigenvalue weighted by atomic mass is 19.4. The summed E-state index contributed by atoms with van der Waals surface area (Å²) in [5.74, 6) is -0.0147. The Morgan fingerprint density at radius 1 is 1.27 bits per heavy atom. The van der Waals surface area contributed by atoms with Crippen molar-refractivity contribution in [3.8, 4) is 0 Å². The van der Waals surface area contributed by atoms with E-state index in [0.29, 0.717) is 17.4 Å². The Morgan fingerprint density at radius 3 is 2.69 bits per heavy atom. The molecule has 1 heterocycles. The third-order valence-corrected chi connectivity index (χ3v) is 5.70. The van der Waals surface area contributed by atoms with Gasteiger partial charge in [-0.1, -0.05) is 19.8 Å². The number of rotatable bonds is 5. The normalized spacial score (nSPS) is 19.4. The van der Waals surface area contributed by atoms with Gasteiger partial charge >= 0.3 is 12.1 Å². The van der Waals surface area contributed by atoms with Crippen LogP contribution in [0, 0.1) is 18.8 Å². The number of alkyl halides is 3. The van der Waals surface area contributed by atoms with Crippen LogP contribution in [0.3, 0.4) is 0 Å². The Bertz CT molecular complexity index is 766. The maximum Gasteiger partial charge on any atom is 0.468 e. The second-order valence-electron chi connectivity index (χ2n) is 7.64. The molecular weight excluding hydrogens is 343 g/mol. The molecular formula is C20H26F3NO2. The zero-order valence-electron chi connectivity index (χ0n) is 15.3. The zero-order valence-corrected chi connectivity index (χ0v) is 15.3. The number of halogens is 3. The topological polar surface area (TPSA) is 46.3 Å². The standard InChI is InChI=1S/C20H26F3NO2/c1-12(9-10-25)3-4-14-5-7-15-11-17-18(13(2)16(15)8-6-14)26-19(24-17)20(21,22)23/h11-12,14,25H,3-10H2,1-2H3. The smallest absolute Gasteiger partial charge is 0.433 e. The molecule has 0 spiro atoms. The maximum atomic E-state index is 12.9. The molecule has 0 saturated carbocycles. The van der Waals surface area contributed by atoms with Gasteiger partial charge in [0.1, 0.15) is 5.52 Å². The summed E-state index contributed by atoms with van der Waals surface area (Å²) in [4.78, 5) is 3.67. The third-order valence-electron chi connectivity index (χ3n) is 5.70. The lowest BCUT2D eigenvalue weighted by Gasteiger charge is -2.16. The number of aromatic nitrogens is 1. The van der Waals surface area contributed by atoms with Crippen LogP contribution in [0.25, 0.3) is 11.1 Å². The number of aliphatic hydroxyl groups is 1. The van der Waals surface area contributed by atoms with Gasteiger partial charge in [0.25, 0.3) is 0 Å². The van der Waals surface area contributed by atoms with Crippen molar-refractivity contribution < 1.29 is 22.7 Å². The molecule has 3 nitrogen and oxygen atoms in total. The first kappa shape index (κ1) is 19.2. The van der Waals surface area contributed by atoms with E-state index in [9.17, 15) is 13.2 Å². The van der Waals surface area contributed by atoms with Crippen LogP contribution in [0.5, 0.6) is 0 Å². The van der Waals surface area contributed by atoms with Crippen molar-refractivity contribution in [1.29, 1.82) is 0 Å². The van der Waals surface area contributed by atoms with Crippen LogP contribution in [0.2, 0.25) is 0 Å². The van der Waals surface area contributed by atoms with E-state index in [1.54, 1.807) is 6.07 Å². The summed E-state index contributed by atoms with van der Waals surface area (Å²) in [6.07, 6.45) is 2.38. The molecule has 0 bridgehead atoms. The van der Waals surface area contributed by atoms with Gasteiger partial charge in [0.15, 0.2) is 5.58 Å². The average Bonchev–Trinajstić information content (AvgIpc) is 2.90. The van der Waals surface area contributed by atoms with Crippen molar-refractivity contribution in [2.45, 2.75) is 65.0 Å². The van der Waals surface area contributed by atoms with Crippen LogP contribution in [-0.4, -0.2) is 16.7 Å². The summed E-state index contributed by atoms with van der Waals surface area (Å²) in [6, 6.07) is 1.78. The molecule has 2 atom stereocenters. The van der Waals surface area contributed by atoms with Gasteiger partial charge < -0.3 is 9.52 Å². The number of benzene rings is 1. The fraction of sp³-hybridized carbons (Fsp3) is 0.650. The summed E-state index contributed by atoms with van der Waals surface area (Å²) in [6.45, 7) is 4.25. The van der Waals surface area contributed by atoms with Crippen LogP contribution in [0.1, 0.15) is 61.6 Å². The Balaban J connectivity index is 1.77. The van der Waals surface area contributed by atoms with Crippen LogP contribution < -0.4 is 0 Å². The zero-order chi connectivity index (χ0) is 18.9. The first-order valence-corrected chi connectivity index (χ1v) is 9.39. The van der Waals surface area contributed by atoms with Crippen LogP contribution in [-0.2, 0) is 19.0 Å². The molecule has 1 aliphatic carbocycles.